The lowest BCUT2D eigenvalue weighted by molar-refractivity contribution is -0.147. The Morgan fingerprint density at radius 1 is 0.426 bits per heavy atom. The first kappa shape index (κ1) is 96.0. The number of aliphatic hydroxyl groups is 3. The van der Waals surface area contributed by atoms with Crippen LogP contribution < -0.4 is 40.9 Å². The van der Waals surface area contributed by atoms with Crippen LogP contribution in [0.5, 0.6) is 0 Å². The van der Waals surface area contributed by atoms with Crippen molar-refractivity contribution in [2.75, 3.05) is 185 Å². The highest BCUT2D eigenvalue weighted by Gasteiger charge is 2.45. The van der Waals surface area contributed by atoms with Crippen LogP contribution in [0.4, 0.5) is 46.5 Å². The number of aliphatic carboxylic acids is 1. The number of aliphatic hydroxyl groups excluding tert-OH is 3. The number of piperidine rings is 4. The summed E-state index contributed by atoms with van der Waals surface area (Å²) in [6.45, 7) is 38.0. The number of carboxylic acids is 1. The van der Waals surface area contributed by atoms with Crippen LogP contribution in [0.1, 0.15) is 178 Å². The van der Waals surface area contributed by atoms with Gasteiger partial charge in [-0.05, 0) is 269 Å². The SMILES string of the molecule is Cc1ccc(C(C)Nc2cnc(C#N)c(N3CC(C4CCCN(C5CC(C(=O)O)C5)C4)C3)n2)c(Cl)c1.Cc1ccc(C(C)Nc2cncc(N3CC(C4CCCN(CCO)C4)C3)n2)c(Cl)c1.Cc1ccc(C(C)Nc2nc(N3CC(C4CCCN(CCO)C4)C3)cnc2C#N)c(Cl)c1.Cc1ccc(C(C)Nc2nc(N3CC(C4CCCN(CCO)C4)C3)cnc2C)c(Cl)c1. The van der Waals surface area contributed by atoms with Crippen molar-refractivity contribution in [1.29, 1.82) is 10.5 Å². The maximum Gasteiger partial charge on any atom is 0.306 e. The minimum absolute atomic E-state index is 0.0419. The summed E-state index contributed by atoms with van der Waals surface area (Å²) in [5, 5.41) is 72.7. The molecular weight excluding hydrogens is 1710 g/mol. The number of benzene rings is 4. The van der Waals surface area contributed by atoms with Crippen molar-refractivity contribution >= 4 is 98.9 Å². The topological polar surface area (TPSA) is 323 Å². The maximum atomic E-state index is 11.2. The molecule has 31 heteroatoms. The van der Waals surface area contributed by atoms with Gasteiger partial charge >= 0.3 is 5.97 Å². The van der Waals surface area contributed by atoms with Gasteiger partial charge in [-0.1, -0.05) is 94.9 Å². The molecular formula is C98H130Cl4N22O5. The van der Waals surface area contributed by atoms with E-state index in [1.807, 2.05) is 109 Å². The summed E-state index contributed by atoms with van der Waals surface area (Å²) in [6.07, 6.45) is 20.3. The van der Waals surface area contributed by atoms with E-state index < -0.39 is 5.97 Å². The van der Waals surface area contributed by atoms with E-state index in [4.69, 9.17) is 66.3 Å². The number of halogens is 4. The van der Waals surface area contributed by atoms with Crippen LogP contribution in [0.15, 0.2) is 104 Å². The van der Waals surface area contributed by atoms with Gasteiger partial charge in [-0.25, -0.2) is 29.9 Å². The average molecular weight is 1840 g/mol. The third kappa shape index (κ3) is 24.6. The quantitative estimate of drug-likeness (QED) is 0.0226. The molecule has 17 rings (SSSR count). The van der Waals surface area contributed by atoms with Crippen molar-refractivity contribution in [2.24, 2.45) is 53.3 Å². The third-order valence-corrected chi connectivity index (χ3v) is 29.4. The van der Waals surface area contributed by atoms with E-state index in [-0.39, 0.29) is 55.6 Å². The van der Waals surface area contributed by atoms with Crippen LogP contribution in [0, 0.1) is 111 Å². The molecule has 690 valence electrons. The fraction of sp³-hybridized carbons (Fsp3) is 0.561. The highest BCUT2D eigenvalue weighted by Crippen LogP contribution is 2.43. The largest absolute Gasteiger partial charge is 0.481 e. The number of nitriles is 2. The van der Waals surface area contributed by atoms with E-state index >= 15 is 0 Å². The van der Waals surface area contributed by atoms with Crippen molar-refractivity contribution in [3.05, 3.63) is 185 Å². The van der Waals surface area contributed by atoms with E-state index in [1.165, 1.54) is 44.9 Å². The lowest BCUT2D eigenvalue weighted by atomic mass is 9.76. The molecule has 4 aromatic carbocycles. The highest BCUT2D eigenvalue weighted by atomic mass is 35.5. The Bertz CT molecular complexity index is 5170. The zero-order valence-corrected chi connectivity index (χ0v) is 79.3. The van der Waals surface area contributed by atoms with E-state index in [2.05, 4.69) is 131 Å². The minimum Gasteiger partial charge on any atom is -0.481 e. The van der Waals surface area contributed by atoms with Crippen molar-refractivity contribution < 1.29 is 25.2 Å². The number of nitrogens with one attached hydrogen (secondary N) is 4. The molecule has 0 radical (unpaired) electrons. The zero-order valence-electron chi connectivity index (χ0n) is 76.3. The molecule has 0 spiro atoms. The molecule has 8 aromatic rings. The summed E-state index contributed by atoms with van der Waals surface area (Å²) < 4.78 is 0. The molecule has 9 aliphatic rings. The van der Waals surface area contributed by atoms with Gasteiger partial charge in [0, 0.05) is 124 Å². The summed E-state index contributed by atoms with van der Waals surface area (Å²) in [6, 6.07) is 29.0. The summed E-state index contributed by atoms with van der Waals surface area (Å²) in [4.78, 5) is 66.9. The molecule has 8 N–H and O–H groups in total. The molecule has 0 bridgehead atoms. The first-order chi connectivity index (χ1) is 62.3. The molecule has 27 nitrogen and oxygen atoms in total. The summed E-state index contributed by atoms with van der Waals surface area (Å²) in [7, 11) is 0. The van der Waals surface area contributed by atoms with Crippen LogP contribution >= 0.6 is 46.4 Å². The summed E-state index contributed by atoms with van der Waals surface area (Å²) >= 11 is 25.8. The number of aryl methyl sites for hydroxylation is 5. The van der Waals surface area contributed by atoms with E-state index in [0.29, 0.717) is 74.7 Å². The fourth-order valence-electron chi connectivity index (χ4n) is 20.2. The zero-order chi connectivity index (χ0) is 91.1. The van der Waals surface area contributed by atoms with Crippen LogP contribution in [-0.4, -0.2) is 236 Å². The molecule has 8 aliphatic heterocycles. The molecule has 8 saturated heterocycles. The Kier molecular flexibility index (Phi) is 33.4. The summed E-state index contributed by atoms with van der Waals surface area (Å²) in [5.74, 6) is 10.5. The lowest BCUT2D eigenvalue weighted by Gasteiger charge is -2.50. The van der Waals surface area contributed by atoms with Crippen molar-refractivity contribution in [3.8, 4) is 12.1 Å². The Hall–Kier alpha value is -9.07. The second-order valence-corrected chi connectivity index (χ2v) is 39.2. The van der Waals surface area contributed by atoms with Gasteiger partial charge in [0.2, 0.25) is 0 Å². The third-order valence-electron chi connectivity index (χ3n) is 28.1. The van der Waals surface area contributed by atoms with Gasteiger partial charge < -0.3 is 80.9 Å². The maximum absolute atomic E-state index is 11.2. The molecule has 8 unspecified atom stereocenters. The van der Waals surface area contributed by atoms with Gasteiger partial charge in [0.05, 0.1) is 86.6 Å². The van der Waals surface area contributed by atoms with Gasteiger partial charge in [-0.2, -0.15) is 10.5 Å². The smallest absolute Gasteiger partial charge is 0.306 e. The standard InChI is InChI=1S/C27H33ClN6O2.C24H31ClN6O.C24H34ClN5O.C23H32ClN5O/c1-16-5-6-22(23(28)8-16)17(2)31-25-12-30-24(11-29)26(32-25)34-14-20(15-34)18-4-3-7-33(13-18)21-9-19(10-21)27(35)36;1-16-5-6-20(21(25)10-16)17(2)28-24-22(11-26)27-12-23(29-24)31-14-19(15-31)18-4-3-7-30(13-18)8-9-32;1-16-6-7-21(22(25)11-16)17(2)27-24-18(3)26-12-23(28-24)30-14-20(15-30)19-5-4-8-29(13-19)9-10-31;1-16-5-6-20(21(24)10-16)17(2)26-22-11-25-12-23(27-22)29-14-19(15-29)18-4-3-7-28(13-18)8-9-30/h5-6,8,12,17-21H,3-4,7,9-10,13-15H2,1-2H3,(H,31,32)(H,35,36);5-6,10,12,17-19,32H,3-4,7-9,13-15H2,1-2H3,(H,28,29);6-7,11-12,17,19-20,31H,4-5,8-10,13-15H2,1-3H3,(H,27,28);5-6,10-12,17-19,30H,3-4,7-9,13-15H2,1-2H3,(H,26,27). The molecule has 4 aromatic heterocycles. The second-order valence-electron chi connectivity index (χ2n) is 37.6. The van der Waals surface area contributed by atoms with Gasteiger partial charge in [0.1, 0.15) is 47.0 Å². The first-order valence-corrected chi connectivity index (χ1v) is 48.1. The minimum atomic E-state index is -0.656. The number of likely N-dealkylation sites (tertiary alicyclic amines) is 4. The number of carbonyl (C=O) groups is 1. The van der Waals surface area contributed by atoms with Crippen LogP contribution in [0.25, 0.3) is 0 Å². The number of carboxylic acid groups (broad SMARTS) is 1. The van der Waals surface area contributed by atoms with Crippen LogP contribution in [0.3, 0.4) is 0 Å². The lowest BCUT2D eigenvalue weighted by Crippen LogP contribution is -2.56. The summed E-state index contributed by atoms with van der Waals surface area (Å²) in [5.41, 5.74) is 10.1. The number of hydrogen-bond donors (Lipinski definition) is 8. The fourth-order valence-corrected chi connectivity index (χ4v) is 21.7. The van der Waals surface area contributed by atoms with Gasteiger partial charge in [0.15, 0.2) is 23.0 Å². The Morgan fingerprint density at radius 2 is 0.791 bits per heavy atom. The van der Waals surface area contributed by atoms with Crippen molar-refractivity contribution in [1.82, 2.24) is 59.5 Å². The number of aromatic nitrogens is 8. The van der Waals surface area contributed by atoms with Crippen LogP contribution in [0.2, 0.25) is 20.1 Å². The molecule has 0 amide bonds. The predicted octanol–water partition coefficient (Wildman–Crippen LogP) is 15.9. The predicted molar refractivity (Wildman–Crippen MR) is 515 cm³/mol. The Balaban J connectivity index is 0.000000139. The van der Waals surface area contributed by atoms with Gasteiger partial charge in [0.25, 0.3) is 0 Å². The number of nitrogens with zero attached hydrogens (tertiary/aromatic N) is 18. The van der Waals surface area contributed by atoms with E-state index in [1.54, 1.807) is 18.6 Å². The van der Waals surface area contributed by atoms with E-state index in [9.17, 15) is 35.7 Å². The molecule has 129 heavy (non-hydrogen) atoms. The Morgan fingerprint density at radius 3 is 1.20 bits per heavy atom. The Labute approximate surface area is 781 Å². The monoisotopic (exact) mass is 1830 g/mol. The number of rotatable bonds is 28. The first-order valence-electron chi connectivity index (χ1n) is 46.5. The number of β-amino-alcohol motifs (C(OH)–C–C–N with tert-alkyl or cyclic N) is 3. The molecule has 8 atom stereocenters. The van der Waals surface area contributed by atoms with Crippen LogP contribution in [-0.2, 0) is 4.79 Å². The second kappa shape index (κ2) is 44.9. The molecule has 9 fully saturated rings. The van der Waals surface area contributed by atoms with Gasteiger partial charge in [-0.3, -0.25) is 14.8 Å². The highest BCUT2D eigenvalue weighted by molar-refractivity contribution is 6.32. The normalized spacial score (nSPS) is 22.2. The van der Waals surface area contributed by atoms with Crippen molar-refractivity contribution in [2.45, 2.75) is 157 Å². The number of anilines is 8. The van der Waals surface area contributed by atoms with Gasteiger partial charge in [-0.15, -0.1) is 0 Å². The molecule has 1 saturated carbocycles. The number of hydrogen-bond acceptors (Lipinski definition) is 26. The molecule has 12 heterocycles. The van der Waals surface area contributed by atoms with Crippen molar-refractivity contribution in [3.63, 3.8) is 0 Å². The average Bonchev–Trinajstić information content (AvgIpc) is 0.775. The molecule has 1 aliphatic carbocycles. The van der Waals surface area contributed by atoms with E-state index in [0.717, 1.165) is 245 Å².